The topological polar surface area (TPSA) is 126 Å². The molecule has 7 nitrogen and oxygen atoms in total. The van der Waals surface area contributed by atoms with Crippen LogP contribution in [0.3, 0.4) is 0 Å². The molecule has 2 rings (SSSR count). The lowest BCUT2D eigenvalue weighted by Crippen LogP contribution is -2.12. The Morgan fingerprint density at radius 3 is 2.63 bits per heavy atom. The van der Waals surface area contributed by atoms with Crippen LogP contribution in [0.15, 0.2) is 54.3 Å². The van der Waals surface area contributed by atoms with Crippen molar-refractivity contribution in [2.45, 2.75) is 13.8 Å². The average molecular weight is 386 g/mol. The molecule has 2 aromatic rings. The molecule has 27 heavy (non-hydrogen) atoms. The molecule has 0 amide bonds. The van der Waals surface area contributed by atoms with E-state index in [0.717, 1.165) is 11.1 Å². The van der Waals surface area contributed by atoms with Gasteiger partial charge in [0.15, 0.2) is 0 Å². The number of allylic oxidation sites excluding steroid dienone is 3. The van der Waals surface area contributed by atoms with Crippen molar-refractivity contribution < 1.29 is 0 Å². The Labute approximate surface area is 163 Å². The maximum absolute atomic E-state index is 7.71. The number of aromatic nitrogens is 2. The number of hydrogen-bond acceptors (Lipinski definition) is 7. The number of nitrogens with zero attached hydrogens (tertiary/aromatic N) is 2. The van der Waals surface area contributed by atoms with Gasteiger partial charge in [0, 0.05) is 30.6 Å². The first-order chi connectivity index (χ1) is 12.8. The Morgan fingerprint density at radius 1 is 1.30 bits per heavy atom. The molecule has 0 aliphatic rings. The third-order valence-corrected chi connectivity index (χ3v) is 4.03. The molecule has 0 aliphatic heterocycles. The molecule has 0 radical (unpaired) electrons. The van der Waals surface area contributed by atoms with Crippen LogP contribution in [0.1, 0.15) is 19.4 Å². The Hall–Kier alpha value is -3.06. The molecule has 0 unspecified atom stereocenters. The highest BCUT2D eigenvalue weighted by Crippen LogP contribution is 2.21. The lowest BCUT2D eigenvalue weighted by Gasteiger charge is -2.10. The molecule has 0 saturated heterocycles. The van der Waals surface area contributed by atoms with Crippen molar-refractivity contribution in [3.8, 4) is 0 Å². The van der Waals surface area contributed by atoms with Crippen LogP contribution in [0, 0.1) is 11.3 Å². The number of halogens is 1. The Bertz CT molecular complexity index is 929. The van der Waals surface area contributed by atoms with Gasteiger partial charge >= 0.3 is 0 Å². The quantitative estimate of drug-likeness (QED) is 0.368. The van der Waals surface area contributed by atoms with Gasteiger partial charge in [-0.15, -0.1) is 0 Å². The van der Waals surface area contributed by atoms with E-state index in [2.05, 4.69) is 20.6 Å². The van der Waals surface area contributed by atoms with Crippen LogP contribution in [0.4, 0.5) is 5.82 Å². The number of hydrogen-bond donors (Lipinski definition) is 5. The van der Waals surface area contributed by atoms with Crippen LogP contribution >= 0.6 is 11.6 Å². The first-order valence-electron chi connectivity index (χ1n) is 8.40. The molecule has 7 N–H and O–H groups in total. The van der Waals surface area contributed by atoms with Gasteiger partial charge in [-0.1, -0.05) is 25.4 Å². The van der Waals surface area contributed by atoms with Gasteiger partial charge < -0.3 is 22.1 Å². The first kappa shape index (κ1) is 20.3. The largest absolute Gasteiger partial charge is 0.404 e. The van der Waals surface area contributed by atoms with Crippen LogP contribution in [-0.2, 0) is 0 Å². The van der Waals surface area contributed by atoms with Gasteiger partial charge in [-0.3, -0.25) is 10.4 Å². The van der Waals surface area contributed by atoms with Crippen molar-refractivity contribution in [2.24, 2.45) is 17.4 Å². The molecule has 142 valence electrons. The van der Waals surface area contributed by atoms with E-state index in [1.165, 1.54) is 0 Å². The van der Waals surface area contributed by atoms with E-state index in [1.807, 2.05) is 26.0 Å². The summed E-state index contributed by atoms with van der Waals surface area (Å²) in [4.78, 5) is 8.94. The zero-order valence-electron chi connectivity index (χ0n) is 15.5. The monoisotopic (exact) mass is 385 g/mol. The molecule has 0 saturated carbocycles. The van der Waals surface area contributed by atoms with E-state index in [1.54, 1.807) is 37.8 Å². The SMILES string of the molecule is CN/C=C(\C(=N)Cl)c1cnc2ccc(N/C(N)=C/C(=C\N)C(C)C)nc2c1. The molecule has 8 heteroatoms. The standard InChI is InChI=1S/C19H24ClN7/c1-11(2)12(8-21)7-17(22)27-18-5-4-15-16(26-18)6-13(9-25-15)14(10-24-3)19(20)23/h4-11,23-24H,21-22H2,1-3H3,(H,26,27)/b12-8+,14-10-,17-7+,23-19?. The highest BCUT2D eigenvalue weighted by molar-refractivity contribution is 6.75. The molecular formula is C19H24ClN7. The van der Waals surface area contributed by atoms with Crippen molar-refractivity contribution in [1.29, 1.82) is 5.41 Å². The molecule has 0 aliphatic carbocycles. The smallest absolute Gasteiger partial charge is 0.132 e. The van der Waals surface area contributed by atoms with Crippen molar-refractivity contribution in [1.82, 2.24) is 15.3 Å². The van der Waals surface area contributed by atoms with Crippen LogP contribution in [0.2, 0.25) is 0 Å². The molecule has 2 heterocycles. The molecule has 2 aromatic heterocycles. The van der Waals surface area contributed by atoms with Crippen molar-refractivity contribution >= 4 is 39.2 Å². The normalized spacial score (nSPS) is 13.1. The van der Waals surface area contributed by atoms with E-state index in [4.69, 9.17) is 28.5 Å². The summed E-state index contributed by atoms with van der Waals surface area (Å²) in [7, 11) is 1.74. The van der Waals surface area contributed by atoms with E-state index >= 15 is 0 Å². The maximum atomic E-state index is 7.71. The maximum Gasteiger partial charge on any atom is 0.132 e. The minimum atomic E-state index is -0.0817. The highest BCUT2D eigenvalue weighted by atomic mass is 35.5. The zero-order chi connectivity index (χ0) is 20.0. The van der Waals surface area contributed by atoms with Gasteiger partial charge in [0.1, 0.15) is 16.8 Å². The third kappa shape index (κ3) is 5.21. The molecule has 0 atom stereocenters. The Morgan fingerprint density at radius 2 is 2.04 bits per heavy atom. The summed E-state index contributed by atoms with van der Waals surface area (Å²) in [6, 6.07) is 5.47. The van der Waals surface area contributed by atoms with Gasteiger partial charge in [-0.05, 0) is 42.0 Å². The van der Waals surface area contributed by atoms with Crippen molar-refractivity contribution in [2.75, 3.05) is 12.4 Å². The minimum Gasteiger partial charge on any atom is -0.404 e. The summed E-state index contributed by atoms with van der Waals surface area (Å²) in [6.07, 6.45) is 6.63. The molecule has 0 bridgehead atoms. The van der Waals surface area contributed by atoms with Crippen LogP contribution in [-0.4, -0.2) is 22.2 Å². The molecule has 0 aromatic carbocycles. The van der Waals surface area contributed by atoms with Crippen LogP contribution in [0.5, 0.6) is 0 Å². The number of nitrogens with one attached hydrogen (secondary N) is 3. The van der Waals surface area contributed by atoms with Crippen LogP contribution in [0.25, 0.3) is 16.6 Å². The second-order valence-corrected chi connectivity index (χ2v) is 6.54. The Balaban J connectivity index is 2.37. The summed E-state index contributed by atoms with van der Waals surface area (Å²) in [6.45, 7) is 4.07. The second kappa shape index (κ2) is 9.05. The third-order valence-electron chi connectivity index (χ3n) is 3.83. The number of nitrogens with two attached hydrogens (primary N) is 2. The molecule has 0 fully saturated rings. The summed E-state index contributed by atoms with van der Waals surface area (Å²) in [5.74, 6) is 1.28. The average Bonchev–Trinajstić information content (AvgIpc) is 2.63. The summed E-state index contributed by atoms with van der Waals surface area (Å²) in [5, 5.41) is 13.6. The van der Waals surface area contributed by atoms with E-state index in [0.29, 0.717) is 28.3 Å². The van der Waals surface area contributed by atoms with E-state index in [-0.39, 0.29) is 11.1 Å². The lowest BCUT2D eigenvalue weighted by molar-refractivity contribution is 0.786. The summed E-state index contributed by atoms with van der Waals surface area (Å²) < 4.78 is 0. The number of fused-ring (bicyclic) bond motifs is 1. The van der Waals surface area contributed by atoms with Crippen molar-refractivity contribution in [3.63, 3.8) is 0 Å². The predicted octanol–water partition coefficient (Wildman–Crippen LogP) is 3.12. The van der Waals surface area contributed by atoms with Gasteiger partial charge in [-0.25, -0.2) is 4.98 Å². The number of anilines is 1. The first-order valence-corrected chi connectivity index (χ1v) is 8.78. The Kier molecular flexibility index (Phi) is 6.79. The summed E-state index contributed by atoms with van der Waals surface area (Å²) >= 11 is 5.87. The number of pyridine rings is 2. The lowest BCUT2D eigenvalue weighted by atomic mass is 10.0. The summed E-state index contributed by atoms with van der Waals surface area (Å²) in [5.41, 5.74) is 15.2. The fourth-order valence-corrected chi connectivity index (χ4v) is 2.58. The molecule has 0 spiro atoms. The van der Waals surface area contributed by atoms with Crippen molar-refractivity contribution in [3.05, 3.63) is 59.8 Å². The van der Waals surface area contributed by atoms with Gasteiger partial charge in [0.2, 0.25) is 0 Å². The zero-order valence-corrected chi connectivity index (χ0v) is 16.3. The fraction of sp³-hybridized carbons (Fsp3) is 0.211. The minimum absolute atomic E-state index is 0.0817. The predicted molar refractivity (Wildman–Crippen MR) is 113 cm³/mol. The van der Waals surface area contributed by atoms with Gasteiger partial charge in [0.05, 0.1) is 11.0 Å². The van der Waals surface area contributed by atoms with Gasteiger partial charge in [-0.2, -0.15) is 0 Å². The van der Waals surface area contributed by atoms with Crippen LogP contribution < -0.4 is 22.1 Å². The van der Waals surface area contributed by atoms with E-state index in [9.17, 15) is 0 Å². The number of rotatable bonds is 7. The van der Waals surface area contributed by atoms with E-state index < -0.39 is 0 Å². The van der Waals surface area contributed by atoms with Gasteiger partial charge in [0.25, 0.3) is 0 Å². The second-order valence-electron chi connectivity index (χ2n) is 6.17. The fourth-order valence-electron chi connectivity index (χ4n) is 2.41. The molecular weight excluding hydrogens is 362 g/mol. The highest BCUT2D eigenvalue weighted by Gasteiger charge is 2.09.